The number of rotatable bonds is 6. The van der Waals surface area contributed by atoms with Gasteiger partial charge < -0.3 is 11.1 Å². The summed E-state index contributed by atoms with van der Waals surface area (Å²) in [7, 11) is -3.98. The molecule has 14 heteroatoms. The number of para-hydroxylation sites is 1. The number of carbonyl (C=O) groups is 1. The monoisotopic (exact) mass is 513 g/mol. The smallest absolute Gasteiger partial charge is 0.399 e. The number of amides is 1. The number of hydrogen-bond donors (Lipinski definition) is 3. The van der Waals surface area contributed by atoms with E-state index in [9.17, 15) is 35.6 Å². The molecule has 1 aromatic heterocycles. The van der Waals surface area contributed by atoms with E-state index < -0.39 is 56.5 Å². The Morgan fingerprint density at radius 3 is 2.40 bits per heavy atom. The van der Waals surface area contributed by atoms with Gasteiger partial charge in [0.05, 0.1) is 23.5 Å². The van der Waals surface area contributed by atoms with Gasteiger partial charge in [0, 0.05) is 11.8 Å². The first-order valence-electron chi connectivity index (χ1n) is 9.81. The second-order valence-electron chi connectivity index (χ2n) is 7.56. The molecular formula is C21H19F4N5O4S. The largest absolute Gasteiger partial charge is 0.416 e. The van der Waals surface area contributed by atoms with Crippen LogP contribution in [0.1, 0.15) is 34.6 Å². The van der Waals surface area contributed by atoms with Crippen molar-refractivity contribution in [1.82, 2.24) is 15.1 Å². The molecule has 0 unspecified atom stereocenters. The summed E-state index contributed by atoms with van der Waals surface area (Å²) in [6.07, 6.45) is -3.91. The van der Waals surface area contributed by atoms with E-state index in [1.165, 1.54) is 31.2 Å². The fourth-order valence-electron chi connectivity index (χ4n) is 3.14. The van der Waals surface area contributed by atoms with Crippen LogP contribution in [0.2, 0.25) is 0 Å². The number of hydrogen-bond acceptors (Lipinski definition) is 6. The fourth-order valence-corrected chi connectivity index (χ4v) is 3.69. The minimum atomic E-state index is -4.68. The van der Waals surface area contributed by atoms with E-state index in [1.54, 1.807) is 0 Å². The molecule has 0 spiro atoms. The van der Waals surface area contributed by atoms with Gasteiger partial charge in [-0.15, -0.1) is 0 Å². The third-order valence-corrected chi connectivity index (χ3v) is 5.27. The summed E-state index contributed by atoms with van der Waals surface area (Å²) >= 11 is 0. The molecular weight excluding hydrogens is 494 g/mol. The van der Waals surface area contributed by atoms with E-state index in [-0.39, 0.29) is 16.9 Å². The maximum Gasteiger partial charge on any atom is 0.416 e. The van der Waals surface area contributed by atoms with Crippen LogP contribution in [0.5, 0.6) is 0 Å². The standard InChI is InChI=1S/C21H19F4N5O4S/c1-11(12-7-13(21(23,24)25)9-14(26)8-12)27-20(32)19-16(29-35(2,33)34)10-18(31)30(28-19)17-6-4-3-5-15(17)22/h3-11,29H,26H2,1-2H3,(H,27,32)/t11-/m1/s1. The predicted molar refractivity (Wildman–Crippen MR) is 120 cm³/mol. The Morgan fingerprint density at radius 1 is 1.14 bits per heavy atom. The van der Waals surface area contributed by atoms with Crippen LogP contribution in [0, 0.1) is 5.82 Å². The van der Waals surface area contributed by atoms with Gasteiger partial charge >= 0.3 is 6.18 Å². The van der Waals surface area contributed by atoms with Gasteiger partial charge in [0.2, 0.25) is 10.0 Å². The number of nitrogen functional groups attached to an aromatic ring is 1. The van der Waals surface area contributed by atoms with E-state index in [2.05, 4.69) is 10.4 Å². The molecule has 9 nitrogen and oxygen atoms in total. The molecule has 0 saturated carbocycles. The van der Waals surface area contributed by atoms with Gasteiger partial charge in [-0.05, 0) is 42.8 Å². The lowest BCUT2D eigenvalue weighted by Crippen LogP contribution is -2.33. The topological polar surface area (TPSA) is 136 Å². The zero-order chi connectivity index (χ0) is 26.1. The molecule has 0 aliphatic rings. The molecule has 0 saturated heterocycles. The molecule has 0 aliphatic carbocycles. The van der Waals surface area contributed by atoms with Crippen molar-refractivity contribution in [3.05, 3.63) is 81.5 Å². The summed E-state index contributed by atoms with van der Waals surface area (Å²) < 4.78 is 79.7. The second-order valence-corrected chi connectivity index (χ2v) is 9.31. The lowest BCUT2D eigenvalue weighted by Gasteiger charge is -2.18. The number of aromatic nitrogens is 2. The van der Waals surface area contributed by atoms with Crippen molar-refractivity contribution >= 4 is 27.3 Å². The highest BCUT2D eigenvalue weighted by molar-refractivity contribution is 7.92. The van der Waals surface area contributed by atoms with Crippen LogP contribution < -0.4 is 21.3 Å². The Bertz CT molecular complexity index is 1450. The van der Waals surface area contributed by atoms with Crippen molar-refractivity contribution < 1.29 is 30.8 Å². The van der Waals surface area contributed by atoms with E-state index in [0.717, 1.165) is 30.5 Å². The number of carbonyl (C=O) groups excluding carboxylic acids is 1. The van der Waals surface area contributed by atoms with Crippen LogP contribution in [0.3, 0.4) is 0 Å². The third-order valence-electron chi connectivity index (χ3n) is 4.68. The number of sulfonamides is 1. The number of nitrogens with zero attached hydrogens (tertiary/aromatic N) is 2. The van der Waals surface area contributed by atoms with Crippen molar-refractivity contribution in [3.8, 4) is 5.69 Å². The lowest BCUT2D eigenvalue weighted by atomic mass is 10.0. The van der Waals surface area contributed by atoms with Crippen LogP contribution in [0.4, 0.5) is 28.9 Å². The minimum Gasteiger partial charge on any atom is -0.399 e. The number of benzene rings is 2. The van der Waals surface area contributed by atoms with Crippen molar-refractivity contribution in [2.45, 2.75) is 19.1 Å². The molecule has 35 heavy (non-hydrogen) atoms. The van der Waals surface area contributed by atoms with Gasteiger partial charge in [-0.1, -0.05) is 12.1 Å². The summed E-state index contributed by atoms with van der Waals surface area (Å²) in [6, 6.07) is 7.48. The van der Waals surface area contributed by atoms with Gasteiger partial charge in [0.15, 0.2) is 5.69 Å². The molecule has 0 bridgehead atoms. The van der Waals surface area contributed by atoms with E-state index >= 15 is 0 Å². The Kier molecular flexibility index (Phi) is 6.87. The first kappa shape index (κ1) is 25.7. The van der Waals surface area contributed by atoms with Crippen LogP contribution in [0.25, 0.3) is 5.69 Å². The number of anilines is 2. The summed E-state index contributed by atoms with van der Waals surface area (Å²) in [4.78, 5) is 25.5. The summed E-state index contributed by atoms with van der Waals surface area (Å²) in [5.74, 6) is -1.89. The second kappa shape index (κ2) is 9.37. The van der Waals surface area contributed by atoms with E-state index in [1.807, 2.05) is 4.72 Å². The SMILES string of the molecule is C[C@@H](NC(=O)c1nn(-c2ccccc2F)c(=O)cc1NS(C)(=O)=O)c1cc(N)cc(C(F)(F)F)c1. The average Bonchev–Trinajstić information content (AvgIpc) is 2.72. The first-order chi connectivity index (χ1) is 16.2. The Hall–Kier alpha value is -3.94. The molecule has 3 rings (SSSR count). The molecule has 2 aromatic carbocycles. The third kappa shape index (κ3) is 6.15. The molecule has 1 atom stereocenters. The van der Waals surface area contributed by atoms with Gasteiger partial charge in [0.1, 0.15) is 11.5 Å². The first-order valence-corrected chi connectivity index (χ1v) is 11.7. The highest BCUT2D eigenvalue weighted by atomic mass is 32.2. The minimum absolute atomic E-state index is 0.00530. The van der Waals surface area contributed by atoms with Crippen LogP contribution in [-0.4, -0.2) is 30.4 Å². The van der Waals surface area contributed by atoms with Crippen molar-refractivity contribution in [2.75, 3.05) is 16.7 Å². The molecule has 3 aromatic rings. The van der Waals surface area contributed by atoms with Crippen LogP contribution >= 0.6 is 0 Å². The van der Waals surface area contributed by atoms with E-state index in [0.29, 0.717) is 4.68 Å². The number of nitrogens with two attached hydrogens (primary N) is 1. The molecule has 0 radical (unpaired) electrons. The fraction of sp³-hybridized carbons (Fsp3) is 0.190. The summed E-state index contributed by atoms with van der Waals surface area (Å²) in [5.41, 5.74) is 1.97. The van der Waals surface area contributed by atoms with Gasteiger partial charge in [-0.25, -0.2) is 12.8 Å². The quantitative estimate of drug-likeness (QED) is 0.343. The van der Waals surface area contributed by atoms with Crippen LogP contribution in [-0.2, 0) is 16.2 Å². The Labute approximate surface area is 196 Å². The highest BCUT2D eigenvalue weighted by Crippen LogP contribution is 2.32. The maximum atomic E-state index is 14.2. The molecule has 186 valence electrons. The number of alkyl halides is 3. The van der Waals surface area contributed by atoms with Gasteiger partial charge in [-0.2, -0.15) is 23.0 Å². The molecule has 1 amide bonds. The zero-order valence-electron chi connectivity index (χ0n) is 18.2. The molecule has 0 aliphatic heterocycles. The molecule has 1 heterocycles. The summed E-state index contributed by atoms with van der Waals surface area (Å²) in [6.45, 7) is 1.36. The van der Waals surface area contributed by atoms with E-state index in [4.69, 9.17) is 5.73 Å². The van der Waals surface area contributed by atoms with Crippen molar-refractivity contribution in [1.29, 1.82) is 0 Å². The van der Waals surface area contributed by atoms with Crippen LogP contribution in [0.15, 0.2) is 53.3 Å². The lowest BCUT2D eigenvalue weighted by molar-refractivity contribution is -0.137. The predicted octanol–water partition coefficient (Wildman–Crippen LogP) is 2.84. The highest BCUT2D eigenvalue weighted by Gasteiger charge is 2.32. The summed E-state index contributed by atoms with van der Waals surface area (Å²) in [5, 5.41) is 6.22. The van der Waals surface area contributed by atoms with Gasteiger partial charge in [0.25, 0.3) is 11.5 Å². The van der Waals surface area contributed by atoms with Crippen molar-refractivity contribution in [3.63, 3.8) is 0 Å². The molecule has 0 fully saturated rings. The van der Waals surface area contributed by atoms with Crippen molar-refractivity contribution in [2.24, 2.45) is 0 Å². The number of halogens is 4. The zero-order valence-corrected chi connectivity index (χ0v) is 19.0. The molecule has 4 N–H and O–H groups in total. The Morgan fingerprint density at radius 2 is 1.80 bits per heavy atom. The number of nitrogens with one attached hydrogen (secondary N) is 2. The maximum absolute atomic E-state index is 14.2. The normalized spacial score (nSPS) is 12.7. The Balaban J connectivity index is 2.06. The van der Waals surface area contributed by atoms with Gasteiger partial charge in [-0.3, -0.25) is 14.3 Å². The average molecular weight is 513 g/mol.